The van der Waals surface area contributed by atoms with Crippen molar-refractivity contribution in [2.45, 2.75) is 6.61 Å². The molecule has 0 aliphatic carbocycles. The Morgan fingerprint density at radius 2 is 2.00 bits per heavy atom. The molecule has 2 aromatic carbocycles. The van der Waals surface area contributed by atoms with Gasteiger partial charge in [-0.05, 0) is 11.6 Å². The van der Waals surface area contributed by atoms with Crippen LogP contribution in [-0.4, -0.2) is 15.1 Å². The minimum absolute atomic E-state index is 0.0171. The number of non-ortho nitro benzene ring substituents is 1. The predicted octanol–water partition coefficient (Wildman–Crippen LogP) is 3.05. The van der Waals surface area contributed by atoms with Crippen molar-refractivity contribution in [1.82, 2.24) is 10.2 Å². The molecule has 0 atom stereocenters. The van der Waals surface area contributed by atoms with Crippen molar-refractivity contribution in [2.24, 2.45) is 0 Å². The van der Waals surface area contributed by atoms with Gasteiger partial charge in [-0.25, -0.2) is 0 Å². The maximum atomic E-state index is 10.8. The third-order valence-electron chi connectivity index (χ3n) is 2.94. The summed E-state index contributed by atoms with van der Waals surface area (Å²) in [7, 11) is 0. The Bertz CT molecular complexity index is 753. The molecule has 0 bridgehead atoms. The van der Waals surface area contributed by atoms with Gasteiger partial charge < -0.3 is 4.74 Å². The second kappa shape index (κ2) is 5.00. The van der Waals surface area contributed by atoms with Gasteiger partial charge in [0.05, 0.1) is 15.8 Å². The third kappa shape index (κ3) is 2.31. The minimum atomic E-state index is -0.437. The molecule has 3 rings (SSSR count). The zero-order chi connectivity index (χ0) is 13.9. The van der Waals surface area contributed by atoms with E-state index < -0.39 is 4.92 Å². The highest BCUT2D eigenvalue weighted by atomic mass is 16.6. The van der Waals surface area contributed by atoms with E-state index >= 15 is 0 Å². The van der Waals surface area contributed by atoms with Crippen molar-refractivity contribution in [2.75, 3.05) is 0 Å². The summed E-state index contributed by atoms with van der Waals surface area (Å²) in [5.41, 5.74) is 1.73. The van der Waals surface area contributed by atoms with E-state index in [1.165, 1.54) is 12.1 Å². The highest BCUT2D eigenvalue weighted by Crippen LogP contribution is 2.27. The SMILES string of the molecule is O=[N+]([O-])c1ccc2[nH]nc(OCc3ccccc3)c2c1. The van der Waals surface area contributed by atoms with Crippen LogP contribution in [0.1, 0.15) is 5.56 Å². The van der Waals surface area contributed by atoms with Gasteiger partial charge in [0.15, 0.2) is 0 Å². The van der Waals surface area contributed by atoms with Crippen molar-refractivity contribution >= 4 is 16.6 Å². The molecule has 0 saturated carbocycles. The molecule has 0 saturated heterocycles. The number of aromatic nitrogens is 2. The van der Waals surface area contributed by atoms with E-state index in [4.69, 9.17) is 4.74 Å². The summed E-state index contributed by atoms with van der Waals surface area (Å²) in [4.78, 5) is 10.4. The van der Waals surface area contributed by atoms with Crippen molar-refractivity contribution in [1.29, 1.82) is 0 Å². The van der Waals surface area contributed by atoms with Crippen LogP contribution in [0.15, 0.2) is 48.5 Å². The number of hydrogen-bond donors (Lipinski definition) is 1. The number of hydrogen-bond acceptors (Lipinski definition) is 4. The lowest BCUT2D eigenvalue weighted by molar-refractivity contribution is -0.384. The van der Waals surface area contributed by atoms with Crippen LogP contribution < -0.4 is 4.74 Å². The molecule has 20 heavy (non-hydrogen) atoms. The molecule has 100 valence electrons. The lowest BCUT2D eigenvalue weighted by Crippen LogP contribution is -1.95. The van der Waals surface area contributed by atoms with Crippen LogP contribution in [0.2, 0.25) is 0 Å². The zero-order valence-electron chi connectivity index (χ0n) is 10.4. The Morgan fingerprint density at radius 3 is 2.75 bits per heavy atom. The van der Waals surface area contributed by atoms with Crippen LogP contribution in [0.5, 0.6) is 5.88 Å². The van der Waals surface area contributed by atoms with Gasteiger partial charge in [0.2, 0.25) is 5.88 Å². The molecule has 0 aliphatic heterocycles. The summed E-state index contributed by atoms with van der Waals surface area (Å²) in [5, 5.41) is 18.2. The fraction of sp³-hybridized carbons (Fsp3) is 0.0714. The number of nitro benzene ring substituents is 1. The normalized spacial score (nSPS) is 10.6. The Morgan fingerprint density at radius 1 is 1.20 bits per heavy atom. The first-order valence-electron chi connectivity index (χ1n) is 6.03. The number of rotatable bonds is 4. The van der Waals surface area contributed by atoms with Crippen molar-refractivity contribution in [3.05, 3.63) is 64.2 Å². The van der Waals surface area contributed by atoms with E-state index in [2.05, 4.69) is 10.2 Å². The summed E-state index contributed by atoms with van der Waals surface area (Å²) in [6.07, 6.45) is 0. The monoisotopic (exact) mass is 269 g/mol. The van der Waals surface area contributed by atoms with E-state index in [9.17, 15) is 10.1 Å². The van der Waals surface area contributed by atoms with E-state index in [0.29, 0.717) is 23.4 Å². The number of nitro groups is 1. The largest absolute Gasteiger partial charge is 0.471 e. The van der Waals surface area contributed by atoms with Gasteiger partial charge in [-0.2, -0.15) is 0 Å². The molecule has 1 heterocycles. The van der Waals surface area contributed by atoms with Gasteiger partial charge in [-0.3, -0.25) is 15.2 Å². The molecular weight excluding hydrogens is 258 g/mol. The summed E-state index contributed by atoms with van der Waals surface area (Å²) in [6.45, 7) is 0.365. The van der Waals surface area contributed by atoms with E-state index in [0.717, 1.165) is 5.56 Å². The first-order valence-corrected chi connectivity index (χ1v) is 6.03. The molecule has 1 N–H and O–H groups in total. The predicted molar refractivity (Wildman–Crippen MR) is 73.5 cm³/mol. The molecule has 6 nitrogen and oxygen atoms in total. The fourth-order valence-electron chi connectivity index (χ4n) is 1.93. The summed E-state index contributed by atoms with van der Waals surface area (Å²) < 4.78 is 5.62. The molecule has 0 aliphatic rings. The number of aromatic amines is 1. The maximum absolute atomic E-state index is 10.8. The van der Waals surface area contributed by atoms with Gasteiger partial charge >= 0.3 is 0 Å². The minimum Gasteiger partial charge on any atom is -0.471 e. The van der Waals surface area contributed by atoms with E-state index in [-0.39, 0.29) is 5.69 Å². The summed E-state index contributed by atoms with van der Waals surface area (Å²) in [5.74, 6) is 0.368. The molecule has 6 heteroatoms. The van der Waals surface area contributed by atoms with E-state index in [1.54, 1.807) is 6.07 Å². The average Bonchev–Trinajstić information content (AvgIpc) is 2.88. The average molecular weight is 269 g/mol. The van der Waals surface area contributed by atoms with Crippen molar-refractivity contribution in [3.63, 3.8) is 0 Å². The van der Waals surface area contributed by atoms with Crippen LogP contribution in [0.3, 0.4) is 0 Å². The second-order valence-corrected chi connectivity index (χ2v) is 4.29. The number of fused-ring (bicyclic) bond motifs is 1. The van der Waals surface area contributed by atoms with Crippen molar-refractivity contribution in [3.8, 4) is 5.88 Å². The van der Waals surface area contributed by atoms with Crippen LogP contribution in [-0.2, 0) is 6.61 Å². The first kappa shape index (κ1) is 12.2. The van der Waals surface area contributed by atoms with Crippen LogP contribution in [0.4, 0.5) is 5.69 Å². The third-order valence-corrected chi connectivity index (χ3v) is 2.94. The quantitative estimate of drug-likeness (QED) is 0.583. The standard InChI is InChI=1S/C14H11N3O3/c18-17(19)11-6-7-13-12(8-11)14(16-15-13)20-9-10-4-2-1-3-5-10/h1-8H,9H2,(H,15,16). The fourth-order valence-corrected chi connectivity index (χ4v) is 1.93. The Hall–Kier alpha value is -2.89. The number of ether oxygens (including phenoxy) is 1. The maximum Gasteiger partial charge on any atom is 0.270 e. The number of H-pyrrole nitrogens is 1. The Balaban J connectivity index is 1.88. The van der Waals surface area contributed by atoms with Gasteiger partial charge in [-0.15, -0.1) is 5.10 Å². The highest BCUT2D eigenvalue weighted by Gasteiger charge is 2.12. The summed E-state index contributed by atoms with van der Waals surface area (Å²) >= 11 is 0. The number of benzene rings is 2. The summed E-state index contributed by atoms with van der Waals surface area (Å²) in [6, 6.07) is 14.2. The van der Waals surface area contributed by atoms with Crippen molar-refractivity contribution < 1.29 is 9.66 Å². The van der Waals surface area contributed by atoms with Gasteiger partial charge in [0, 0.05) is 12.1 Å². The van der Waals surface area contributed by atoms with Gasteiger partial charge in [0.1, 0.15) is 6.61 Å². The molecular formula is C14H11N3O3. The topological polar surface area (TPSA) is 81.0 Å². The lowest BCUT2D eigenvalue weighted by Gasteiger charge is -2.03. The molecule has 1 aromatic heterocycles. The van der Waals surface area contributed by atoms with Gasteiger partial charge in [0.25, 0.3) is 5.69 Å². The van der Waals surface area contributed by atoms with Crippen LogP contribution >= 0.6 is 0 Å². The Kier molecular flexibility index (Phi) is 3.04. The molecule has 0 amide bonds. The van der Waals surface area contributed by atoms with Crippen LogP contribution in [0, 0.1) is 10.1 Å². The first-order chi connectivity index (χ1) is 9.74. The molecule has 0 fully saturated rings. The van der Waals surface area contributed by atoms with Crippen LogP contribution in [0.25, 0.3) is 10.9 Å². The highest BCUT2D eigenvalue weighted by molar-refractivity contribution is 5.86. The Labute approximate surface area is 114 Å². The second-order valence-electron chi connectivity index (χ2n) is 4.29. The lowest BCUT2D eigenvalue weighted by atomic mass is 10.2. The molecule has 3 aromatic rings. The van der Waals surface area contributed by atoms with E-state index in [1.807, 2.05) is 30.3 Å². The molecule has 0 spiro atoms. The molecule has 0 radical (unpaired) electrons. The number of nitrogens with zero attached hydrogens (tertiary/aromatic N) is 2. The zero-order valence-corrected chi connectivity index (χ0v) is 10.4. The smallest absolute Gasteiger partial charge is 0.270 e. The molecule has 0 unspecified atom stereocenters. The number of nitrogens with one attached hydrogen (secondary N) is 1. The van der Waals surface area contributed by atoms with Gasteiger partial charge in [-0.1, -0.05) is 30.3 Å².